The average molecular weight is 462 g/mol. The molecular weight excluding hydrogens is 438 g/mol. The van der Waals surface area contributed by atoms with Crippen LogP contribution in [0.5, 0.6) is 0 Å². The van der Waals surface area contributed by atoms with Crippen LogP contribution in [0.2, 0.25) is 0 Å². The van der Waals surface area contributed by atoms with E-state index in [1.165, 1.54) is 23.5 Å². The molecule has 0 saturated carbocycles. The van der Waals surface area contributed by atoms with Gasteiger partial charge in [-0.3, -0.25) is 9.36 Å². The maximum absolute atomic E-state index is 12.7. The number of thioether (sulfide) groups is 2. The Kier molecular flexibility index (Phi) is 7.02. The smallest absolute Gasteiger partial charge is 0.196 e. The van der Waals surface area contributed by atoms with Crippen molar-refractivity contribution in [3.05, 3.63) is 89.0 Å². The van der Waals surface area contributed by atoms with Gasteiger partial charge in [-0.15, -0.1) is 10.2 Å². The van der Waals surface area contributed by atoms with E-state index in [2.05, 4.69) is 20.2 Å². The van der Waals surface area contributed by atoms with Crippen molar-refractivity contribution in [3.8, 4) is 5.69 Å². The molecule has 0 amide bonds. The summed E-state index contributed by atoms with van der Waals surface area (Å²) in [6, 6.07) is 19.5. The Balaban J connectivity index is 1.55. The number of benzene rings is 2. The normalized spacial score (nSPS) is 11.0. The molecule has 6 nitrogen and oxygen atoms in total. The quantitative estimate of drug-likeness (QED) is 0.202. The van der Waals surface area contributed by atoms with Crippen LogP contribution in [0.1, 0.15) is 33.1 Å². The fourth-order valence-electron chi connectivity index (χ4n) is 3.16. The molecule has 0 atom stereocenters. The Hall–Kier alpha value is -2.97. The zero-order valence-electron chi connectivity index (χ0n) is 18.1. The molecule has 0 spiro atoms. The molecule has 0 fully saturated rings. The van der Waals surface area contributed by atoms with Gasteiger partial charge in [0.1, 0.15) is 5.82 Å². The lowest BCUT2D eigenvalue weighted by atomic mass is 10.1. The molecule has 0 radical (unpaired) electrons. The molecule has 0 N–H and O–H groups in total. The number of Topliss-reactive ketones (excluding diaryl/α,β-unsaturated/α-hetero) is 1. The van der Waals surface area contributed by atoms with Gasteiger partial charge in [0.2, 0.25) is 0 Å². The van der Waals surface area contributed by atoms with Gasteiger partial charge in [0.05, 0.1) is 11.5 Å². The standard InChI is InChI=1S/C24H23N5OS2/c1-16-9-11-19(12-10-16)21(30)14-32-24-28-27-22(29(24)20-7-5-4-6-8-20)15-31-23-25-17(2)13-18(3)26-23/h4-13H,14-15H2,1-3H3. The van der Waals surface area contributed by atoms with Gasteiger partial charge in [-0.2, -0.15) is 0 Å². The van der Waals surface area contributed by atoms with E-state index in [4.69, 9.17) is 0 Å². The number of nitrogens with zero attached hydrogens (tertiary/aromatic N) is 5. The van der Waals surface area contributed by atoms with Crippen LogP contribution in [0.4, 0.5) is 0 Å². The minimum atomic E-state index is 0.0668. The number of carbonyl (C=O) groups excluding carboxylic acids is 1. The van der Waals surface area contributed by atoms with Gasteiger partial charge in [0.15, 0.2) is 16.1 Å². The lowest BCUT2D eigenvalue weighted by Crippen LogP contribution is -2.06. The molecule has 0 aliphatic carbocycles. The van der Waals surface area contributed by atoms with Crippen molar-refractivity contribution in [1.29, 1.82) is 0 Å². The number of rotatable bonds is 8. The SMILES string of the molecule is Cc1ccc(C(=O)CSc2nnc(CSc3nc(C)cc(C)n3)n2-c2ccccc2)cc1. The van der Waals surface area contributed by atoms with Gasteiger partial charge in [0, 0.05) is 22.6 Å². The Morgan fingerprint density at radius 3 is 2.25 bits per heavy atom. The Labute approximate surface area is 195 Å². The first-order chi connectivity index (χ1) is 15.5. The molecule has 0 unspecified atom stereocenters. The molecule has 162 valence electrons. The summed E-state index contributed by atoms with van der Waals surface area (Å²) in [7, 11) is 0. The van der Waals surface area contributed by atoms with E-state index in [-0.39, 0.29) is 5.78 Å². The minimum absolute atomic E-state index is 0.0668. The van der Waals surface area contributed by atoms with Crippen molar-refractivity contribution in [1.82, 2.24) is 24.7 Å². The summed E-state index contributed by atoms with van der Waals surface area (Å²) in [4.78, 5) is 21.7. The summed E-state index contributed by atoms with van der Waals surface area (Å²) in [6.07, 6.45) is 0. The van der Waals surface area contributed by atoms with Crippen LogP contribution in [-0.2, 0) is 5.75 Å². The number of carbonyl (C=O) groups is 1. The zero-order chi connectivity index (χ0) is 22.5. The van der Waals surface area contributed by atoms with Crippen LogP contribution in [0, 0.1) is 20.8 Å². The molecule has 4 rings (SSSR count). The van der Waals surface area contributed by atoms with Crippen molar-refractivity contribution in [3.63, 3.8) is 0 Å². The van der Waals surface area contributed by atoms with E-state index in [0.717, 1.165) is 28.5 Å². The van der Waals surface area contributed by atoms with Crippen molar-refractivity contribution in [2.24, 2.45) is 0 Å². The summed E-state index contributed by atoms with van der Waals surface area (Å²) < 4.78 is 2.00. The van der Waals surface area contributed by atoms with Crippen LogP contribution in [0.3, 0.4) is 0 Å². The Morgan fingerprint density at radius 2 is 1.56 bits per heavy atom. The van der Waals surface area contributed by atoms with E-state index in [1.807, 2.05) is 86.0 Å². The average Bonchev–Trinajstić information content (AvgIpc) is 3.19. The van der Waals surface area contributed by atoms with Gasteiger partial charge in [-0.05, 0) is 39.0 Å². The minimum Gasteiger partial charge on any atom is -0.293 e. The van der Waals surface area contributed by atoms with Gasteiger partial charge >= 0.3 is 0 Å². The van der Waals surface area contributed by atoms with E-state index in [9.17, 15) is 4.79 Å². The van der Waals surface area contributed by atoms with Crippen molar-refractivity contribution in [2.75, 3.05) is 5.75 Å². The van der Waals surface area contributed by atoms with E-state index in [0.29, 0.717) is 27.4 Å². The third kappa shape index (κ3) is 5.44. The van der Waals surface area contributed by atoms with E-state index >= 15 is 0 Å². The monoisotopic (exact) mass is 461 g/mol. The van der Waals surface area contributed by atoms with Crippen LogP contribution in [0.25, 0.3) is 5.69 Å². The number of aromatic nitrogens is 5. The third-order valence-corrected chi connectivity index (χ3v) is 6.49. The summed E-state index contributed by atoms with van der Waals surface area (Å²) in [5.41, 5.74) is 4.68. The summed E-state index contributed by atoms with van der Waals surface area (Å²) >= 11 is 2.92. The lowest BCUT2D eigenvalue weighted by molar-refractivity contribution is 0.102. The first-order valence-electron chi connectivity index (χ1n) is 10.2. The second kappa shape index (κ2) is 10.1. The largest absolute Gasteiger partial charge is 0.293 e. The fourth-order valence-corrected chi connectivity index (χ4v) is 4.89. The Morgan fingerprint density at radius 1 is 0.875 bits per heavy atom. The number of ketones is 1. The van der Waals surface area contributed by atoms with Crippen molar-refractivity contribution in [2.45, 2.75) is 36.8 Å². The first kappa shape index (κ1) is 22.2. The molecule has 0 saturated heterocycles. The van der Waals surface area contributed by atoms with Gasteiger partial charge in [-0.1, -0.05) is 71.6 Å². The molecular formula is C24H23N5OS2. The molecule has 8 heteroatoms. The highest BCUT2D eigenvalue weighted by Crippen LogP contribution is 2.26. The predicted octanol–water partition coefficient (Wildman–Crippen LogP) is 5.25. The highest BCUT2D eigenvalue weighted by molar-refractivity contribution is 7.99. The van der Waals surface area contributed by atoms with Gasteiger partial charge < -0.3 is 0 Å². The van der Waals surface area contributed by atoms with Crippen molar-refractivity contribution < 1.29 is 4.79 Å². The van der Waals surface area contributed by atoms with Crippen molar-refractivity contribution >= 4 is 29.3 Å². The summed E-state index contributed by atoms with van der Waals surface area (Å²) in [6.45, 7) is 5.93. The van der Waals surface area contributed by atoms with Crippen LogP contribution >= 0.6 is 23.5 Å². The molecule has 32 heavy (non-hydrogen) atoms. The second-order valence-electron chi connectivity index (χ2n) is 7.37. The predicted molar refractivity (Wildman–Crippen MR) is 129 cm³/mol. The highest BCUT2D eigenvalue weighted by Gasteiger charge is 2.17. The Bertz CT molecular complexity index is 1200. The topological polar surface area (TPSA) is 73.6 Å². The molecule has 4 aromatic rings. The fraction of sp³-hybridized carbons (Fsp3) is 0.208. The highest BCUT2D eigenvalue weighted by atomic mass is 32.2. The number of hydrogen-bond acceptors (Lipinski definition) is 7. The van der Waals surface area contributed by atoms with E-state index < -0.39 is 0 Å². The van der Waals surface area contributed by atoms with Gasteiger partial charge in [0.25, 0.3) is 0 Å². The summed E-state index contributed by atoms with van der Waals surface area (Å²) in [5, 5.41) is 10.2. The summed E-state index contributed by atoms with van der Waals surface area (Å²) in [5.74, 6) is 1.71. The molecule has 0 aliphatic heterocycles. The molecule has 0 bridgehead atoms. The zero-order valence-corrected chi connectivity index (χ0v) is 19.8. The number of hydrogen-bond donors (Lipinski definition) is 0. The molecule has 2 heterocycles. The van der Waals surface area contributed by atoms with Gasteiger partial charge in [-0.25, -0.2) is 9.97 Å². The van der Waals surface area contributed by atoms with Crippen LogP contribution in [0.15, 0.2) is 71.0 Å². The molecule has 0 aliphatic rings. The number of para-hydroxylation sites is 1. The maximum atomic E-state index is 12.7. The number of aryl methyl sites for hydroxylation is 3. The second-order valence-corrected chi connectivity index (χ2v) is 9.25. The first-order valence-corrected chi connectivity index (χ1v) is 12.1. The van der Waals surface area contributed by atoms with Crippen LogP contribution in [-0.4, -0.2) is 36.3 Å². The maximum Gasteiger partial charge on any atom is 0.196 e. The van der Waals surface area contributed by atoms with Crippen LogP contribution < -0.4 is 0 Å². The lowest BCUT2D eigenvalue weighted by Gasteiger charge is -2.10. The third-order valence-electron chi connectivity index (χ3n) is 4.71. The van der Waals surface area contributed by atoms with E-state index in [1.54, 1.807) is 0 Å². The molecule has 2 aromatic heterocycles. The molecule has 2 aromatic carbocycles.